The molecule has 202 valence electrons. The zero-order valence-corrected chi connectivity index (χ0v) is 23.9. The number of nitrogens with zero attached hydrogens (tertiary/aromatic N) is 3. The molecule has 38 heavy (non-hydrogen) atoms. The lowest BCUT2D eigenvalue weighted by Gasteiger charge is -2.70. The summed E-state index contributed by atoms with van der Waals surface area (Å²) in [6.45, 7) is 1.57. The number of aromatic nitrogens is 3. The molecule has 3 N–H and O–H groups in total. The summed E-state index contributed by atoms with van der Waals surface area (Å²) in [4.78, 5) is 41.2. The number of pyridine rings is 1. The molecule has 0 radical (unpaired) electrons. The van der Waals surface area contributed by atoms with Gasteiger partial charge in [0.15, 0.2) is 0 Å². The van der Waals surface area contributed by atoms with Crippen molar-refractivity contribution >= 4 is 55.2 Å². The quantitative estimate of drug-likeness (QED) is 0.332. The molecule has 0 atom stereocenters. The first kappa shape index (κ1) is 25.7. The van der Waals surface area contributed by atoms with Crippen molar-refractivity contribution in [3.05, 3.63) is 64.3 Å². The SMILES string of the molecule is CNS(=O)(=O)NC12CC(n3c(=O)n(C4CC4)c(=O)c4c(Nc5ccc(I)cc5F)n(C)c(=O)c(C)c43)(C1)C2. The van der Waals surface area contributed by atoms with Crippen LogP contribution >= 0.6 is 22.6 Å². The highest BCUT2D eigenvalue weighted by Gasteiger charge is 2.71. The van der Waals surface area contributed by atoms with Crippen LogP contribution in [0.4, 0.5) is 15.9 Å². The number of nitrogens with one attached hydrogen (secondary N) is 3. The summed E-state index contributed by atoms with van der Waals surface area (Å²) in [6.07, 6.45) is 2.41. The Morgan fingerprint density at radius 2 is 1.76 bits per heavy atom. The Balaban J connectivity index is 1.60. The zero-order chi connectivity index (χ0) is 27.4. The van der Waals surface area contributed by atoms with Crippen LogP contribution in [-0.4, -0.2) is 34.7 Å². The highest BCUT2D eigenvalue weighted by Crippen LogP contribution is 2.65. The monoisotopic (exact) mass is 656 g/mol. The van der Waals surface area contributed by atoms with Crippen LogP contribution in [0.5, 0.6) is 0 Å². The molecule has 1 aromatic carbocycles. The number of fused-ring (bicyclic) bond motifs is 1. The third kappa shape index (κ3) is 3.63. The van der Waals surface area contributed by atoms with Gasteiger partial charge in [-0.25, -0.2) is 13.9 Å². The maximum Gasteiger partial charge on any atom is 0.332 e. The van der Waals surface area contributed by atoms with Gasteiger partial charge in [0.1, 0.15) is 17.0 Å². The van der Waals surface area contributed by atoms with Crippen LogP contribution in [-0.2, 0) is 22.8 Å². The minimum absolute atomic E-state index is 0.0895. The maximum atomic E-state index is 14.8. The fraction of sp³-hybridized carbons (Fsp3) is 0.458. The number of rotatable bonds is 7. The van der Waals surface area contributed by atoms with Gasteiger partial charge in [0, 0.05) is 34.8 Å². The van der Waals surface area contributed by atoms with Crippen molar-refractivity contribution in [1.29, 1.82) is 0 Å². The molecule has 0 saturated heterocycles. The molecule has 0 spiro atoms. The normalized spacial score (nSPS) is 24.2. The Kier molecular flexibility index (Phi) is 5.56. The van der Waals surface area contributed by atoms with E-state index in [-0.39, 0.29) is 34.0 Å². The van der Waals surface area contributed by atoms with Crippen molar-refractivity contribution in [2.75, 3.05) is 12.4 Å². The van der Waals surface area contributed by atoms with Crippen LogP contribution in [0, 0.1) is 16.3 Å². The van der Waals surface area contributed by atoms with Gasteiger partial charge in [-0.2, -0.15) is 13.1 Å². The summed E-state index contributed by atoms with van der Waals surface area (Å²) in [5.41, 5.74) is -2.37. The Morgan fingerprint density at radius 1 is 1.11 bits per heavy atom. The van der Waals surface area contributed by atoms with E-state index in [9.17, 15) is 27.2 Å². The molecule has 11 nitrogen and oxygen atoms in total. The van der Waals surface area contributed by atoms with Gasteiger partial charge >= 0.3 is 5.69 Å². The van der Waals surface area contributed by atoms with E-state index in [2.05, 4.69) is 14.8 Å². The summed E-state index contributed by atoms with van der Waals surface area (Å²) in [7, 11) is -0.874. The molecule has 7 rings (SSSR count). The van der Waals surface area contributed by atoms with Crippen LogP contribution < -0.4 is 31.6 Å². The van der Waals surface area contributed by atoms with E-state index in [4.69, 9.17) is 0 Å². The second kappa shape index (κ2) is 8.22. The van der Waals surface area contributed by atoms with Crippen LogP contribution in [0.2, 0.25) is 0 Å². The molecule has 4 fully saturated rings. The van der Waals surface area contributed by atoms with Crippen molar-refractivity contribution < 1.29 is 12.8 Å². The van der Waals surface area contributed by atoms with Gasteiger partial charge in [0.2, 0.25) is 0 Å². The van der Waals surface area contributed by atoms with Crippen LogP contribution in [0.1, 0.15) is 43.7 Å². The average Bonchev–Trinajstić information content (AvgIpc) is 3.64. The molecule has 2 heterocycles. The highest BCUT2D eigenvalue weighted by atomic mass is 127. The van der Waals surface area contributed by atoms with E-state index in [0.717, 1.165) is 0 Å². The molecule has 0 unspecified atom stereocenters. The van der Waals surface area contributed by atoms with Crippen LogP contribution in [0.25, 0.3) is 10.9 Å². The second-order valence-electron chi connectivity index (χ2n) is 10.7. The first-order valence-electron chi connectivity index (χ1n) is 12.2. The van der Waals surface area contributed by atoms with Gasteiger partial charge in [-0.3, -0.25) is 23.3 Å². The molecule has 0 aliphatic heterocycles. The van der Waals surface area contributed by atoms with Gasteiger partial charge in [-0.15, -0.1) is 0 Å². The van der Waals surface area contributed by atoms with Crippen molar-refractivity contribution in [3.8, 4) is 0 Å². The van der Waals surface area contributed by atoms with Crippen molar-refractivity contribution in [2.45, 2.75) is 56.1 Å². The smallest absolute Gasteiger partial charge is 0.332 e. The lowest BCUT2D eigenvalue weighted by Crippen LogP contribution is -2.80. The number of anilines is 2. The lowest BCUT2D eigenvalue weighted by molar-refractivity contribution is -0.126. The summed E-state index contributed by atoms with van der Waals surface area (Å²) in [6, 6.07) is 4.31. The Morgan fingerprint density at radius 3 is 2.34 bits per heavy atom. The summed E-state index contributed by atoms with van der Waals surface area (Å²) < 4.78 is 48.7. The first-order valence-corrected chi connectivity index (χ1v) is 14.7. The molecule has 4 aliphatic rings. The fourth-order valence-electron chi connectivity index (χ4n) is 6.19. The number of benzene rings is 1. The van der Waals surface area contributed by atoms with Gasteiger partial charge in [0.05, 0.1) is 16.7 Å². The Bertz CT molecular complexity index is 1820. The molecular formula is C24H26FIN6O5S. The zero-order valence-electron chi connectivity index (χ0n) is 20.9. The van der Waals surface area contributed by atoms with Gasteiger partial charge in [-0.05, 0) is 79.8 Å². The van der Waals surface area contributed by atoms with E-state index in [1.807, 2.05) is 22.6 Å². The van der Waals surface area contributed by atoms with Crippen molar-refractivity contribution in [2.24, 2.45) is 7.05 Å². The molecule has 2 bridgehead atoms. The third-order valence-corrected chi connectivity index (χ3v) is 9.95. The van der Waals surface area contributed by atoms with Crippen LogP contribution in [0.3, 0.4) is 0 Å². The minimum atomic E-state index is -3.69. The van der Waals surface area contributed by atoms with Gasteiger partial charge in [0.25, 0.3) is 21.3 Å². The molecule has 2 aromatic heterocycles. The summed E-state index contributed by atoms with van der Waals surface area (Å²) in [5.74, 6) is -0.451. The van der Waals surface area contributed by atoms with Crippen molar-refractivity contribution in [3.63, 3.8) is 0 Å². The van der Waals surface area contributed by atoms with Crippen LogP contribution in [0.15, 0.2) is 32.6 Å². The van der Waals surface area contributed by atoms with Crippen molar-refractivity contribution in [1.82, 2.24) is 23.1 Å². The number of hydrogen-bond acceptors (Lipinski definition) is 6. The number of hydrogen-bond donors (Lipinski definition) is 3. The Hall–Kier alpha value is -2.56. The number of halogens is 2. The highest BCUT2D eigenvalue weighted by molar-refractivity contribution is 14.1. The second-order valence-corrected chi connectivity index (χ2v) is 13.5. The lowest BCUT2D eigenvalue weighted by atomic mass is 9.44. The standard InChI is InChI=1S/C24H26FIN6O5S/c1-12-18-17(19(30(3)20(12)33)28-16-7-4-13(26)8-15(16)25)21(34)31(14-5-6-14)22(35)32(18)24-9-23(10-24,11-24)29-38(36,37)27-2/h4,7-8,14,27-29H,5-6,9-11H2,1-3H3. The van der Waals surface area contributed by atoms with E-state index in [1.165, 1.54) is 39.9 Å². The Labute approximate surface area is 230 Å². The average molecular weight is 656 g/mol. The third-order valence-electron chi connectivity index (χ3n) is 8.04. The van der Waals surface area contributed by atoms with E-state index in [1.54, 1.807) is 13.0 Å². The van der Waals surface area contributed by atoms with Gasteiger partial charge < -0.3 is 5.32 Å². The largest absolute Gasteiger partial charge is 0.338 e. The van der Waals surface area contributed by atoms with E-state index in [0.29, 0.717) is 35.7 Å². The predicted molar refractivity (Wildman–Crippen MR) is 149 cm³/mol. The molecule has 0 amide bonds. The minimum Gasteiger partial charge on any atom is -0.338 e. The molecule has 3 aromatic rings. The fourth-order valence-corrected chi connectivity index (χ4v) is 7.53. The summed E-state index contributed by atoms with van der Waals surface area (Å²) in [5, 5.41) is 3.08. The maximum absolute atomic E-state index is 14.8. The topological polar surface area (TPSA) is 136 Å². The molecular weight excluding hydrogens is 630 g/mol. The predicted octanol–water partition coefficient (Wildman–Crippen LogP) is 1.68. The van der Waals surface area contributed by atoms with E-state index < -0.39 is 43.9 Å². The van der Waals surface area contributed by atoms with E-state index >= 15 is 0 Å². The number of aryl methyl sites for hydroxylation is 1. The molecule has 14 heteroatoms. The molecule has 4 saturated carbocycles. The van der Waals surface area contributed by atoms with Gasteiger partial charge in [-0.1, -0.05) is 0 Å². The molecule has 4 aliphatic carbocycles. The summed E-state index contributed by atoms with van der Waals surface area (Å²) >= 11 is 1.99. The first-order chi connectivity index (χ1) is 17.8.